The molecule has 0 atom stereocenters. The van der Waals surface area contributed by atoms with Crippen molar-refractivity contribution >= 4 is 12.2 Å². The average Bonchev–Trinajstić information content (AvgIpc) is 2.38. The molecular weight excluding hydrogens is 196 g/mol. The van der Waals surface area contributed by atoms with Crippen LogP contribution in [0.25, 0.3) is 12.2 Å². The Morgan fingerprint density at radius 3 is 2.50 bits per heavy atom. The Kier molecular flexibility index (Phi) is 3.44. The maximum Gasteiger partial charge on any atom is 0.0813 e. The van der Waals surface area contributed by atoms with Crippen LogP contribution in [-0.2, 0) is 6.42 Å². The van der Waals surface area contributed by atoms with Crippen LogP contribution in [0.5, 0.6) is 0 Å². The minimum absolute atomic E-state index is 0.877. The van der Waals surface area contributed by atoms with Gasteiger partial charge in [-0.1, -0.05) is 37.3 Å². The predicted octanol–water partition coefficient (Wildman–Crippen LogP) is 3.21. The van der Waals surface area contributed by atoms with Gasteiger partial charge in [0.25, 0.3) is 0 Å². The Morgan fingerprint density at radius 1 is 1.06 bits per heavy atom. The molecule has 2 aromatic rings. The van der Waals surface area contributed by atoms with Gasteiger partial charge in [0, 0.05) is 12.4 Å². The summed E-state index contributed by atoms with van der Waals surface area (Å²) in [6.07, 6.45) is 10.2. The van der Waals surface area contributed by atoms with Crippen molar-refractivity contribution in [3.05, 3.63) is 59.7 Å². The first-order valence-electron chi connectivity index (χ1n) is 5.41. The normalized spacial score (nSPS) is 10.8. The van der Waals surface area contributed by atoms with E-state index in [9.17, 15) is 0 Å². The lowest BCUT2D eigenvalue weighted by molar-refractivity contribution is 1.14. The lowest BCUT2D eigenvalue weighted by Crippen LogP contribution is -1.81. The summed E-state index contributed by atoms with van der Waals surface area (Å²) in [5, 5.41) is 0. The van der Waals surface area contributed by atoms with E-state index in [-0.39, 0.29) is 0 Å². The molecule has 0 unspecified atom stereocenters. The van der Waals surface area contributed by atoms with Crippen molar-refractivity contribution < 1.29 is 0 Å². The molecule has 0 bridgehead atoms. The summed E-state index contributed by atoms with van der Waals surface area (Å²) in [5.41, 5.74) is 3.42. The molecule has 0 aliphatic carbocycles. The number of benzene rings is 1. The van der Waals surface area contributed by atoms with Gasteiger partial charge < -0.3 is 0 Å². The summed E-state index contributed by atoms with van der Waals surface area (Å²) < 4.78 is 0. The maximum absolute atomic E-state index is 4.18. The molecule has 0 radical (unpaired) electrons. The summed E-state index contributed by atoms with van der Waals surface area (Å²) in [6, 6.07) is 8.53. The number of hydrogen-bond donors (Lipinski definition) is 0. The molecule has 2 heteroatoms. The summed E-state index contributed by atoms with van der Waals surface area (Å²) in [6.45, 7) is 2.16. The van der Waals surface area contributed by atoms with Crippen LogP contribution in [0.1, 0.15) is 23.7 Å². The van der Waals surface area contributed by atoms with Gasteiger partial charge in [0.15, 0.2) is 0 Å². The van der Waals surface area contributed by atoms with Crippen LogP contribution in [0.3, 0.4) is 0 Å². The summed E-state index contributed by atoms with van der Waals surface area (Å²) >= 11 is 0. The Balaban J connectivity index is 2.12. The van der Waals surface area contributed by atoms with Crippen molar-refractivity contribution in [1.82, 2.24) is 9.97 Å². The lowest BCUT2D eigenvalue weighted by atomic mass is 10.1. The molecule has 0 amide bonds. The number of nitrogens with zero attached hydrogens (tertiary/aromatic N) is 2. The average molecular weight is 210 g/mol. The second-order valence-corrected chi connectivity index (χ2v) is 3.56. The summed E-state index contributed by atoms with van der Waals surface area (Å²) in [5.74, 6) is 0. The van der Waals surface area contributed by atoms with Gasteiger partial charge in [0.2, 0.25) is 0 Å². The van der Waals surface area contributed by atoms with Gasteiger partial charge >= 0.3 is 0 Å². The smallest absolute Gasteiger partial charge is 0.0813 e. The highest BCUT2D eigenvalue weighted by Crippen LogP contribution is 2.08. The Hall–Kier alpha value is -1.96. The minimum Gasteiger partial charge on any atom is -0.261 e. The van der Waals surface area contributed by atoms with Gasteiger partial charge in [-0.05, 0) is 23.6 Å². The molecule has 80 valence electrons. The highest BCUT2D eigenvalue weighted by molar-refractivity contribution is 5.67. The SMILES string of the molecule is CCc1ccc(C=Cc2cnccn2)cc1. The van der Waals surface area contributed by atoms with Crippen LogP contribution in [0, 0.1) is 0 Å². The van der Waals surface area contributed by atoms with Gasteiger partial charge in [-0.2, -0.15) is 0 Å². The quantitative estimate of drug-likeness (QED) is 0.777. The molecule has 0 aliphatic rings. The van der Waals surface area contributed by atoms with Gasteiger partial charge in [-0.3, -0.25) is 9.97 Å². The molecule has 1 aromatic carbocycles. The van der Waals surface area contributed by atoms with Crippen LogP contribution in [0.4, 0.5) is 0 Å². The molecule has 2 nitrogen and oxygen atoms in total. The zero-order chi connectivity index (χ0) is 11.2. The minimum atomic E-state index is 0.877. The molecule has 0 fully saturated rings. The maximum atomic E-state index is 4.18. The van der Waals surface area contributed by atoms with E-state index in [2.05, 4.69) is 41.2 Å². The van der Waals surface area contributed by atoms with Gasteiger partial charge in [-0.15, -0.1) is 0 Å². The van der Waals surface area contributed by atoms with E-state index >= 15 is 0 Å². The molecule has 2 rings (SSSR count). The monoisotopic (exact) mass is 210 g/mol. The molecule has 0 spiro atoms. The van der Waals surface area contributed by atoms with Gasteiger partial charge in [-0.25, -0.2) is 0 Å². The first kappa shape index (κ1) is 10.6. The van der Waals surface area contributed by atoms with Crippen molar-refractivity contribution in [1.29, 1.82) is 0 Å². The number of hydrogen-bond acceptors (Lipinski definition) is 2. The van der Waals surface area contributed by atoms with Crippen molar-refractivity contribution in [3.8, 4) is 0 Å². The Morgan fingerprint density at radius 2 is 1.88 bits per heavy atom. The van der Waals surface area contributed by atoms with E-state index < -0.39 is 0 Å². The molecule has 16 heavy (non-hydrogen) atoms. The number of aromatic nitrogens is 2. The first-order valence-corrected chi connectivity index (χ1v) is 5.41. The number of rotatable bonds is 3. The van der Waals surface area contributed by atoms with Crippen LogP contribution < -0.4 is 0 Å². The molecule has 0 saturated heterocycles. The standard InChI is InChI=1S/C14H14N2/c1-2-12-3-5-13(6-4-12)7-8-14-11-15-9-10-16-14/h3-11H,2H2,1H3. The zero-order valence-electron chi connectivity index (χ0n) is 9.30. The second-order valence-electron chi connectivity index (χ2n) is 3.56. The van der Waals surface area contributed by atoms with Crippen LogP contribution >= 0.6 is 0 Å². The fourth-order valence-electron chi connectivity index (χ4n) is 1.44. The van der Waals surface area contributed by atoms with Crippen molar-refractivity contribution in [2.24, 2.45) is 0 Å². The van der Waals surface area contributed by atoms with E-state index in [1.807, 2.05) is 12.2 Å². The molecular formula is C14H14N2. The van der Waals surface area contributed by atoms with Crippen LogP contribution in [0.2, 0.25) is 0 Å². The predicted molar refractivity (Wildman–Crippen MR) is 66.8 cm³/mol. The highest BCUT2D eigenvalue weighted by Gasteiger charge is 1.90. The molecule has 0 aliphatic heterocycles. The van der Waals surface area contributed by atoms with E-state index in [1.54, 1.807) is 18.6 Å². The third kappa shape index (κ3) is 2.76. The summed E-state index contributed by atoms with van der Waals surface area (Å²) in [7, 11) is 0. The van der Waals surface area contributed by atoms with E-state index in [0.717, 1.165) is 12.1 Å². The van der Waals surface area contributed by atoms with Crippen LogP contribution in [0.15, 0.2) is 42.9 Å². The zero-order valence-corrected chi connectivity index (χ0v) is 9.30. The topological polar surface area (TPSA) is 25.8 Å². The lowest BCUT2D eigenvalue weighted by Gasteiger charge is -1.97. The van der Waals surface area contributed by atoms with Crippen molar-refractivity contribution in [2.45, 2.75) is 13.3 Å². The highest BCUT2D eigenvalue weighted by atomic mass is 14.7. The Bertz CT molecular complexity index is 458. The van der Waals surface area contributed by atoms with E-state index in [4.69, 9.17) is 0 Å². The van der Waals surface area contributed by atoms with E-state index in [1.165, 1.54) is 11.1 Å². The van der Waals surface area contributed by atoms with Gasteiger partial charge in [0.05, 0.1) is 11.9 Å². The van der Waals surface area contributed by atoms with Crippen molar-refractivity contribution in [3.63, 3.8) is 0 Å². The van der Waals surface area contributed by atoms with E-state index in [0.29, 0.717) is 0 Å². The first-order chi connectivity index (χ1) is 7.88. The third-order valence-electron chi connectivity index (χ3n) is 2.42. The summed E-state index contributed by atoms with van der Waals surface area (Å²) in [4.78, 5) is 8.19. The largest absolute Gasteiger partial charge is 0.261 e. The molecule has 0 saturated carbocycles. The van der Waals surface area contributed by atoms with Gasteiger partial charge in [0.1, 0.15) is 0 Å². The van der Waals surface area contributed by atoms with Crippen LogP contribution in [-0.4, -0.2) is 9.97 Å². The van der Waals surface area contributed by atoms with Crippen molar-refractivity contribution in [2.75, 3.05) is 0 Å². The molecule has 1 heterocycles. The fourth-order valence-corrected chi connectivity index (χ4v) is 1.44. The number of aryl methyl sites for hydroxylation is 1. The second kappa shape index (κ2) is 5.21. The molecule has 0 N–H and O–H groups in total. The molecule has 1 aromatic heterocycles. The Labute approximate surface area is 95.7 Å². The fraction of sp³-hybridized carbons (Fsp3) is 0.143. The third-order valence-corrected chi connectivity index (χ3v) is 2.42.